The first-order chi connectivity index (χ1) is 19.4. The van der Waals surface area contributed by atoms with Gasteiger partial charge in [-0.1, -0.05) is 24.8 Å². The van der Waals surface area contributed by atoms with Crippen LogP contribution in [0.2, 0.25) is 0 Å². The summed E-state index contributed by atoms with van der Waals surface area (Å²) >= 11 is 0. The van der Waals surface area contributed by atoms with Crippen molar-refractivity contribution in [2.45, 2.75) is 50.0 Å². The molecule has 2 saturated heterocycles. The Morgan fingerprint density at radius 3 is 2.77 bits per heavy atom. The number of carbonyl (C=O) groups is 1. The van der Waals surface area contributed by atoms with Gasteiger partial charge in [0, 0.05) is 24.0 Å². The molecule has 2 aromatic carbocycles. The number of aromatic nitrogens is 2. The minimum absolute atomic E-state index is 0.0320. The molecule has 0 unspecified atom stereocenters. The number of anilines is 1. The molecule has 2 aliphatic carbocycles. The van der Waals surface area contributed by atoms with Crippen LogP contribution in [0.1, 0.15) is 49.1 Å². The van der Waals surface area contributed by atoms with Gasteiger partial charge in [0.2, 0.25) is 0 Å². The van der Waals surface area contributed by atoms with Gasteiger partial charge in [-0.25, -0.2) is 8.78 Å². The summed E-state index contributed by atoms with van der Waals surface area (Å²) in [5.74, 6) is -0.615. The number of fused-ring (bicyclic) bond motifs is 5. The Labute approximate surface area is 232 Å². The summed E-state index contributed by atoms with van der Waals surface area (Å²) in [7, 11) is 0. The molecule has 40 heavy (non-hydrogen) atoms. The van der Waals surface area contributed by atoms with Crippen molar-refractivity contribution in [1.29, 1.82) is 0 Å². The molecule has 1 saturated carbocycles. The lowest BCUT2D eigenvalue weighted by atomic mass is 9.93. The van der Waals surface area contributed by atoms with Crippen molar-refractivity contribution in [2.75, 3.05) is 38.1 Å². The Hall–Kier alpha value is -3.59. The fraction of sp³-hybridized carbons (Fsp3) is 0.452. The molecule has 9 heteroatoms. The van der Waals surface area contributed by atoms with E-state index in [1.807, 2.05) is 12.1 Å². The van der Waals surface area contributed by atoms with Crippen LogP contribution < -0.4 is 15.4 Å². The van der Waals surface area contributed by atoms with Gasteiger partial charge in [-0.3, -0.25) is 9.69 Å². The summed E-state index contributed by atoms with van der Waals surface area (Å²) in [6, 6.07) is 9.70. The van der Waals surface area contributed by atoms with Crippen LogP contribution >= 0.6 is 0 Å². The summed E-state index contributed by atoms with van der Waals surface area (Å²) < 4.78 is 35.0. The zero-order valence-electron chi connectivity index (χ0n) is 22.4. The van der Waals surface area contributed by atoms with E-state index in [4.69, 9.17) is 9.72 Å². The van der Waals surface area contributed by atoms with Gasteiger partial charge in [0.1, 0.15) is 18.2 Å². The number of hydrogen-bond donors (Lipinski definition) is 2. The van der Waals surface area contributed by atoms with Crippen LogP contribution in [0, 0.1) is 11.7 Å². The second kappa shape index (κ2) is 9.80. The van der Waals surface area contributed by atoms with Gasteiger partial charge < -0.3 is 15.4 Å². The molecule has 0 bridgehead atoms. The van der Waals surface area contributed by atoms with E-state index in [9.17, 15) is 9.18 Å². The first-order valence-corrected chi connectivity index (χ1v) is 14.3. The summed E-state index contributed by atoms with van der Waals surface area (Å²) in [6.45, 7) is 6.10. The highest BCUT2D eigenvalue weighted by Crippen LogP contribution is 2.58. The molecule has 3 fully saturated rings. The molecule has 2 aliphatic heterocycles. The molecule has 2 atom stereocenters. The molecule has 1 aromatic heterocycles. The van der Waals surface area contributed by atoms with Crippen LogP contribution in [0.4, 0.5) is 14.6 Å². The summed E-state index contributed by atoms with van der Waals surface area (Å²) in [5.41, 5.74) is 4.70. The summed E-state index contributed by atoms with van der Waals surface area (Å²) in [6.07, 6.45) is 6.78. The first-order valence-electron chi connectivity index (χ1n) is 14.3. The molecule has 1 amide bonds. The van der Waals surface area contributed by atoms with Crippen LogP contribution in [0.5, 0.6) is 6.01 Å². The van der Waals surface area contributed by atoms with Crippen molar-refractivity contribution >= 4 is 22.6 Å². The molecule has 0 spiro atoms. The minimum atomic E-state index is -1.05. The van der Waals surface area contributed by atoms with Crippen molar-refractivity contribution in [3.63, 3.8) is 0 Å². The van der Waals surface area contributed by atoms with E-state index in [1.165, 1.54) is 23.6 Å². The van der Waals surface area contributed by atoms with E-state index in [1.54, 1.807) is 6.07 Å². The van der Waals surface area contributed by atoms with Gasteiger partial charge >= 0.3 is 6.01 Å². The summed E-state index contributed by atoms with van der Waals surface area (Å²) in [5, 5.41) is 6.13. The number of nitrogens with zero attached hydrogens (tertiary/aromatic N) is 3. The molecule has 3 heterocycles. The lowest BCUT2D eigenvalue weighted by Gasteiger charge is -2.31. The Morgan fingerprint density at radius 2 is 1.98 bits per heavy atom. The molecular weight excluding hydrogens is 512 g/mol. The standard InChI is InChI=1S/C31H33F2N5O2/c1-18(32)29(39)35-10-9-34-28-24-15-25(33)23(21-6-2-5-19-13-20-14-22(20)27(19)21)16-26(24)36-30(37-28)40-17-31-7-3-11-38(31)12-4-8-31/h2,5-6,15-16,20,22H,1,3-4,7-14,17H2,(H,35,39)(H,34,36,37)/t20-,22+/m1/s1. The highest BCUT2D eigenvalue weighted by atomic mass is 19.1. The highest BCUT2D eigenvalue weighted by molar-refractivity contribution is 5.93. The molecular formula is C31H33F2N5O2. The van der Waals surface area contributed by atoms with E-state index >= 15 is 4.39 Å². The molecule has 3 aromatic rings. The number of benzene rings is 2. The van der Waals surface area contributed by atoms with E-state index in [0.717, 1.165) is 50.8 Å². The van der Waals surface area contributed by atoms with Crippen LogP contribution in [0.3, 0.4) is 0 Å². The molecule has 7 nitrogen and oxygen atoms in total. The molecule has 4 aliphatic rings. The largest absolute Gasteiger partial charge is 0.461 e. The van der Waals surface area contributed by atoms with Gasteiger partial charge in [-0.2, -0.15) is 9.97 Å². The Bertz CT molecular complexity index is 1520. The van der Waals surface area contributed by atoms with Gasteiger partial charge in [0.25, 0.3) is 5.91 Å². The third-order valence-electron chi connectivity index (χ3n) is 9.26. The number of amides is 1. The smallest absolute Gasteiger partial charge is 0.319 e. The van der Waals surface area contributed by atoms with Gasteiger partial charge in [-0.15, -0.1) is 0 Å². The lowest BCUT2D eigenvalue weighted by Crippen LogP contribution is -2.43. The fourth-order valence-electron chi connectivity index (χ4n) is 7.22. The first kappa shape index (κ1) is 25.4. The number of rotatable bonds is 9. The molecule has 2 N–H and O–H groups in total. The SMILES string of the molecule is C=C(F)C(=O)NCCNc1nc(OCC23CCCN2CCC3)nc2cc(-c3cccc4c3[C@H]3C[C@H]3C4)c(F)cc12. The maximum Gasteiger partial charge on any atom is 0.319 e. The third-order valence-corrected chi connectivity index (χ3v) is 9.26. The average Bonchev–Trinajstić information content (AvgIpc) is 3.24. The van der Waals surface area contributed by atoms with Crippen molar-refractivity contribution < 1.29 is 18.3 Å². The highest BCUT2D eigenvalue weighted by Gasteiger charge is 2.47. The maximum atomic E-state index is 15.7. The number of halogens is 2. The predicted molar refractivity (Wildman–Crippen MR) is 149 cm³/mol. The molecule has 0 radical (unpaired) electrons. The molecule has 7 rings (SSSR count). The second-order valence-electron chi connectivity index (χ2n) is 11.7. The Balaban J connectivity index is 1.22. The zero-order valence-corrected chi connectivity index (χ0v) is 22.4. The van der Waals surface area contributed by atoms with Crippen molar-refractivity contribution in [2.24, 2.45) is 5.92 Å². The van der Waals surface area contributed by atoms with Crippen LogP contribution in [0.15, 0.2) is 42.7 Å². The number of ether oxygens (including phenoxy) is 1. The van der Waals surface area contributed by atoms with E-state index in [0.29, 0.717) is 40.7 Å². The minimum Gasteiger partial charge on any atom is -0.461 e. The third kappa shape index (κ3) is 4.40. The normalized spacial score (nSPS) is 22.1. The van der Waals surface area contributed by atoms with E-state index in [-0.39, 0.29) is 30.5 Å². The predicted octanol–water partition coefficient (Wildman–Crippen LogP) is 5.11. The van der Waals surface area contributed by atoms with Crippen molar-refractivity contribution in [1.82, 2.24) is 20.2 Å². The van der Waals surface area contributed by atoms with Gasteiger partial charge in [0.05, 0.1) is 11.1 Å². The van der Waals surface area contributed by atoms with Gasteiger partial charge in [0.15, 0.2) is 5.83 Å². The number of hydrogen-bond acceptors (Lipinski definition) is 6. The lowest BCUT2D eigenvalue weighted by molar-refractivity contribution is -0.118. The monoisotopic (exact) mass is 545 g/mol. The Kier molecular flexibility index (Phi) is 6.22. The van der Waals surface area contributed by atoms with Gasteiger partial charge in [-0.05, 0) is 92.3 Å². The van der Waals surface area contributed by atoms with Crippen molar-refractivity contribution in [3.8, 4) is 17.1 Å². The summed E-state index contributed by atoms with van der Waals surface area (Å²) in [4.78, 5) is 23.4. The zero-order chi connectivity index (χ0) is 27.4. The Morgan fingerprint density at radius 1 is 1.15 bits per heavy atom. The van der Waals surface area contributed by atoms with Crippen molar-refractivity contribution in [3.05, 3.63) is 59.7 Å². The fourth-order valence-corrected chi connectivity index (χ4v) is 7.22. The van der Waals surface area contributed by atoms with Crippen LogP contribution in [0.25, 0.3) is 22.0 Å². The van der Waals surface area contributed by atoms with Crippen LogP contribution in [-0.2, 0) is 11.2 Å². The number of carbonyl (C=O) groups excluding carboxylic acids is 1. The quantitative estimate of drug-likeness (QED) is 0.287. The molecule has 208 valence electrons. The van der Waals surface area contributed by atoms with E-state index < -0.39 is 11.7 Å². The topological polar surface area (TPSA) is 79.4 Å². The maximum absolute atomic E-state index is 15.7. The van der Waals surface area contributed by atoms with Crippen LogP contribution in [-0.4, -0.2) is 59.1 Å². The van der Waals surface area contributed by atoms with E-state index in [2.05, 4.69) is 33.2 Å². The second-order valence-corrected chi connectivity index (χ2v) is 11.7. The number of nitrogens with one attached hydrogen (secondary N) is 2. The average molecular weight is 546 g/mol.